The van der Waals surface area contributed by atoms with E-state index in [2.05, 4.69) is 50.1 Å². The Hall–Kier alpha value is -1.02. The van der Waals surface area contributed by atoms with E-state index < -0.39 is 0 Å². The van der Waals surface area contributed by atoms with E-state index in [0.717, 1.165) is 6.54 Å². The first kappa shape index (κ1) is 12.4. The molecule has 2 atom stereocenters. The highest BCUT2D eigenvalue weighted by Crippen LogP contribution is 2.41. The summed E-state index contributed by atoms with van der Waals surface area (Å²) >= 11 is 0. The molecular weight excluding hydrogens is 208 g/mol. The van der Waals surface area contributed by atoms with Crippen LogP contribution < -0.4 is 10.6 Å². The fourth-order valence-corrected chi connectivity index (χ4v) is 3.26. The molecule has 2 N–H and O–H groups in total. The molecule has 0 heterocycles. The van der Waals surface area contributed by atoms with Gasteiger partial charge in [-0.05, 0) is 43.4 Å². The van der Waals surface area contributed by atoms with Crippen LogP contribution in [0, 0.1) is 12.8 Å². The molecular formula is C15H24N2. The molecule has 0 aromatic heterocycles. The van der Waals surface area contributed by atoms with Crippen LogP contribution >= 0.6 is 0 Å². The summed E-state index contributed by atoms with van der Waals surface area (Å²) in [5.74, 6) is 0.679. The van der Waals surface area contributed by atoms with Gasteiger partial charge >= 0.3 is 0 Å². The van der Waals surface area contributed by atoms with Gasteiger partial charge in [-0.2, -0.15) is 0 Å². The predicted octanol–water partition coefficient (Wildman–Crippen LogP) is 2.95. The summed E-state index contributed by atoms with van der Waals surface area (Å²) in [6.45, 7) is 5.23. The number of aryl methyl sites for hydroxylation is 1. The van der Waals surface area contributed by atoms with Gasteiger partial charge in [0.25, 0.3) is 0 Å². The van der Waals surface area contributed by atoms with Crippen LogP contribution in [0.1, 0.15) is 31.7 Å². The number of nitrogens with two attached hydrogens (primary N) is 1. The Bertz CT molecular complexity index is 388. The van der Waals surface area contributed by atoms with Gasteiger partial charge in [-0.15, -0.1) is 0 Å². The highest BCUT2D eigenvalue weighted by Gasteiger charge is 2.42. The van der Waals surface area contributed by atoms with Crippen LogP contribution in [0.5, 0.6) is 0 Å². The third-order valence-electron chi connectivity index (χ3n) is 4.57. The van der Waals surface area contributed by atoms with Gasteiger partial charge in [0, 0.05) is 19.3 Å². The molecule has 1 fully saturated rings. The van der Waals surface area contributed by atoms with E-state index in [0.29, 0.717) is 5.92 Å². The number of hydrogen-bond donors (Lipinski definition) is 1. The van der Waals surface area contributed by atoms with E-state index in [-0.39, 0.29) is 5.54 Å². The molecule has 2 nitrogen and oxygen atoms in total. The molecule has 0 radical (unpaired) electrons. The lowest BCUT2D eigenvalue weighted by atomic mass is 9.86. The lowest BCUT2D eigenvalue weighted by molar-refractivity contribution is 0.331. The van der Waals surface area contributed by atoms with Gasteiger partial charge < -0.3 is 10.6 Å². The normalized spacial score (nSPS) is 28.4. The average molecular weight is 232 g/mol. The second-order valence-corrected chi connectivity index (χ2v) is 5.50. The largest absolute Gasteiger partial charge is 0.367 e. The zero-order valence-electron chi connectivity index (χ0n) is 11.2. The minimum atomic E-state index is 0.161. The second kappa shape index (κ2) is 4.69. The summed E-state index contributed by atoms with van der Waals surface area (Å²) in [6, 6.07) is 8.72. The van der Waals surface area contributed by atoms with Gasteiger partial charge in [0.2, 0.25) is 0 Å². The summed E-state index contributed by atoms with van der Waals surface area (Å²) in [4.78, 5) is 2.41. The van der Waals surface area contributed by atoms with Gasteiger partial charge in [-0.1, -0.05) is 25.5 Å². The quantitative estimate of drug-likeness (QED) is 0.868. The van der Waals surface area contributed by atoms with Gasteiger partial charge in [0.1, 0.15) is 0 Å². The zero-order valence-corrected chi connectivity index (χ0v) is 11.2. The Morgan fingerprint density at radius 1 is 1.47 bits per heavy atom. The van der Waals surface area contributed by atoms with Crippen molar-refractivity contribution in [3.05, 3.63) is 29.8 Å². The summed E-state index contributed by atoms with van der Waals surface area (Å²) in [5.41, 5.74) is 8.86. The van der Waals surface area contributed by atoms with Crippen molar-refractivity contribution in [1.82, 2.24) is 0 Å². The summed E-state index contributed by atoms with van der Waals surface area (Å²) < 4.78 is 0. The zero-order chi connectivity index (χ0) is 12.5. The lowest BCUT2D eigenvalue weighted by Crippen LogP contribution is -2.54. The van der Waals surface area contributed by atoms with E-state index in [1.807, 2.05) is 0 Å². The van der Waals surface area contributed by atoms with Crippen LogP contribution in [-0.4, -0.2) is 19.1 Å². The van der Waals surface area contributed by atoms with Crippen LogP contribution in [0.4, 0.5) is 5.69 Å². The molecule has 1 saturated carbocycles. The first-order chi connectivity index (χ1) is 8.10. The first-order valence-electron chi connectivity index (χ1n) is 6.61. The minimum Gasteiger partial charge on any atom is -0.367 e. The number of benzene rings is 1. The van der Waals surface area contributed by atoms with Crippen molar-refractivity contribution in [1.29, 1.82) is 0 Å². The van der Waals surface area contributed by atoms with Crippen LogP contribution in [0.2, 0.25) is 0 Å². The van der Waals surface area contributed by atoms with Gasteiger partial charge in [-0.25, -0.2) is 0 Å². The summed E-state index contributed by atoms with van der Waals surface area (Å²) in [5, 5.41) is 0. The van der Waals surface area contributed by atoms with Crippen LogP contribution in [0.3, 0.4) is 0 Å². The number of anilines is 1. The van der Waals surface area contributed by atoms with E-state index in [9.17, 15) is 0 Å². The minimum absolute atomic E-state index is 0.161. The van der Waals surface area contributed by atoms with Crippen molar-refractivity contribution in [2.75, 3.05) is 18.5 Å². The third kappa shape index (κ3) is 2.06. The monoisotopic (exact) mass is 232 g/mol. The Morgan fingerprint density at radius 2 is 2.24 bits per heavy atom. The van der Waals surface area contributed by atoms with Crippen molar-refractivity contribution in [3.8, 4) is 0 Å². The van der Waals surface area contributed by atoms with Gasteiger partial charge in [0.05, 0.1) is 5.54 Å². The van der Waals surface area contributed by atoms with E-state index >= 15 is 0 Å². The molecule has 0 spiro atoms. The van der Waals surface area contributed by atoms with Crippen LogP contribution in [0.25, 0.3) is 0 Å². The molecule has 2 rings (SSSR count). The van der Waals surface area contributed by atoms with Crippen molar-refractivity contribution in [3.63, 3.8) is 0 Å². The number of nitrogens with zero attached hydrogens (tertiary/aromatic N) is 1. The van der Waals surface area contributed by atoms with Gasteiger partial charge in [-0.3, -0.25) is 0 Å². The molecule has 2 unspecified atom stereocenters. The SMILES string of the molecule is Cc1cccc(N(C)C2(CN)CCCC2C)c1. The van der Waals surface area contributed by atoms with E-state index in [1.54, 1.807) is 0 Å². The Labute approximate surface area is 105 Å². The van der Waals surface area contributed by atoms with Gasteiger partial charge in [0.15, 0.2) is 0 Å². The maximum Gasteiger partial charge on any atom is 0.0546 e. The molecule has 94 valence electrons. The standard InChI is InChI=1S/C15H24N2/c1-12-6-4-8-14(10-12)17(3)15(11-16)9-5-7-13(15)2/h4,6,8,10,13H,5,7,9,11,16H2,1-3H3. The van der Waals surface area contributed by atoms with Crippen LogP contribution in [-0.2, 0) is 0 Å². The number of likely N-dealkylation sites (N-methyl/N-ethyl adjacent to an activating group) is 1. The average Bonchev–Trinajstić information content (AvgIpc) is 2.70. The molecule has 0 amide bonds. The molecule has 0 bridgehead atoms. The molecule has 2 heteroatoms. The Balaban J connectivity index is 2.32. The first-order valence-corrected chi connectivity index (χ1v) is 6.61. The van der Waals surface area contributed by atoms with E-state index in [4.69, 9.17) is 5.73 Å². The van der Waals surface area contributed by atoms with E-state index in [1.165, 1.54) is 30.5 Å². The summed E-state index contributed by atoms with van der Waals surface area (Å²) in [6.07, 6.45) is 3.82. The maximum atomic E-state index is 6.09. The fraction of sp³-hybridized carbons (Fsp3) is 0.600. The fourth-order valence-electron chi connectivity index (χ4n) is 3.26. The molecule has 17 heavy (non-hydrogen) atoms. The predicted molar refractivity (Wildman–Crippen MR) is 74.4 cm³/mol. The highest BCUT2D eigenvalue weighted by molar-refractivity contribution is 5.51. The van der Waals surface area contributed by atoms with Crippen LogP contribution in [0.15, 0.2) is 24.3 Å². The molecule has 0 aliphatic heterocycles. The summed E-state index contributed by atoms with van der Waals surface area (Å²) in [7, 11) is 2.20. The van der Waals surface area contributed by atoms with Crippen molar-refractivity contribution >= 4 is 5.69 Å². The smallest absolute Gasteiger partial charge is 0.0546 e. The molecule has 1 aromatic rings. The Morgan fingerprint density at radius 3 is 2.76 bits per heavy atom. The molecule has 1 aliphatic carbocycles. The van der Waals surface area contributed by atoms with Crippen molar-refractivity contribution in [2.24, 2.45) is 11.7 Å². The highest BCUT2D eigenvalue weighted by atomic mass is 15.2. The molecule has 0 saturated heterocycles. The third-order valence-corrected chi connectivity index (χ3v) is 4.57. The number of hydrogen-bond acceptors (Lipinski definition) is 2. The number of rotatable bonds is 3. The second-order valence-electron chi connectivity index (χ2n) is 5.50. The molecule has 1 aromatic carbocycles. The molecule has 1 aliphatic rings. The maximum absolute atomic E-state index is 6.09. The lowest BCUT2D eigenvalue weighted by Gasteiger charge is -2.43. The Kier molecular flexibility index (Phi) is 3.43. The van der Waals surface area contributed by atoms with Crippen molar-refractivity contribution in [2.45, 2.75) is 38.6 Å². The van der Waals surface area contributed by atoms with Crippen molar-refractivity contribution < 1.29 is 0 Å². The topological polar surface area (TPSA) is 29.3 Å².